The maximum absolute atomic E-state index is 13.3. The summed E-state index contributed by atoms with van der Waals surface area (Å²) in [5, 5.41) is 0.439. The SMILES string of the molecule is CCCC#Cc1ccnc2c1c(C(=O)C=CN(C)C)cn2S(=O)(=O)c1ccccc1. The zero-order valence-electron chi connectivity index (χ0n) is 17.2. The number of pyridine rings is 1. The lowest BCUT2D eigenvalue weighted by Gasteiger charge is -2.06. The lowest BCUT2D eigenvalue weighted by molar-refractivity contribution is 0.104. The van der Waals surface area contributed by atoms with Crippen LogP contribution in [-0.2, 0) is 10.0 Å². The van der Waals surface area contributed by atoms with E-state index in [0.717, 1.165) is 10.4 Å². The van der Waals surface area contributed by atoms with Crippen molar-refractivity contribution in [2.75, 3.05) is 14.1 Å². The zero-order valence-corrected chi connectivity index (χ0v) is 18.0. The van der Waals surface area contributed by atoms with Gasteiger partial charge >= 0.3 is 0 Å². The summed E-state index contributed by atoms with van der Waals surface area (Å²) in [6.07, 6.45) is 7.49. The van der Waals surface area contributed by atoms with Crippen LogP contribution >= 0.6 is 0 Å². The van der Waals surface area contributed by atoms with Gasteiger partial charge < -0.3 is 4.90 Å². The molecule has 0 fully saturated rings. The van der Waals surface area contributed by atoms with Crippen LogP contribution in [0.2, 0.25) is 0 Å². The Labute approximate surface area is 176 Å². The average Bonchev–Trinajstić information content (AvgIpc) is 3.14. The molecule has 0 spiro atoms. The van der Waals surface area contributed by atoms with Gasteiger partial charge in [-0.15, -0.1) is 0 Å². The molecule has 3 rings (SSSR count). The van der Waals surface area contributed by atoms with E-state index in [1.54, 1.807) is 49.5 Å². The van der Waals surface area contributed by atoms with Crippen molar-refractivity contribution in [2.24, 2.45) is 0 Å². The van der Waals surface area contributed by atoms with Gasteiger partial charge in [0.25, 0.3) is 10.0 Å². The van der Waals surface area contributed by atoms with Crippen molar-refractivity contribution in [3.63, 3.8) is 0 Å². The fraction of sp³-hybridized carbons (Fsp3) is 0.217. The molecule has 0 saturated carbocycles. The molecule has 0 aliphatic carbocycles. The molecule has 0 saturated heterocycles. The van der Waals surface area contributed by atoms with Gasteiger partial charge in [-0.05, 0) is 24.6 Å². The summed E-state index contributed by atoms with van der Waals surface area (Å²) < 4.78 is 27.6. The van der Waals surface area contributed by atoms with Crippen molar-refractivity contribution < 1.29 is 13.2 Å². The Kier molecular flexibility index (Phi) is 6.38. The Bertz CT molecular complexity index is 1260. The lowest BCUT2D eigenvalue weighted by Crippen LogP contribution is -2.12. The third-order valence-electron chi connectivity index (χ3n) is 4.34. The summed E-state index contributed by atoms with van der Waals surface area (Å²) in [6, 6.07) is 9.78. The molecule has 0 unspecified atom stereocenters. The number of hydrogen-bond acceptors (Lipinski definition) is 5. The first-order valence-corrected chi connectivity index (χ1v) is 11.0. The highest BCUT2D eigenvalue weighted by Gasteiger charge is 2.25. The molecule has 0 atom stereocenters. The highest BCUT2D eigenvalue weighted by atomic mass is 32.2. The van der Waals surface area contributed by atoms with Gasteiger partial charge in [0, 0.05) is 56.1 Å². The van der Waals surface area contributed by atoms with E-state index in [1.807, 2.05) is 6.92 Å². The Hall–Kier alpha value is -3.37. The first kappa shape index (κ1) is 21.3. The van der Waals surface area contributed by atoms with Gasteiger partial charge in [0.05, 0.1) is 10.5 Å². The van der Waals surface area contributed by atoms with E-state index in [9.17, 15) is 13.2 Å². The maximum Gasteiger partial charge on any atom is 0.269 e. The number of carbonyl (C=O) groups excluding carboxylic acids is 1. The minimum atomic E-state index is -3.93. The predicted octanol–water partition coefficient (Wildman–Crippen LogP) is 3.68. The van der Waals surface area contributed by atoms with Crippen molar-refractivity contribution >= 4 is 26.8 Å². The third kappa shape index (κ3) is 4.29. The summed E-state index contributed by atoms with van der Waals surface area (Å²) in [4.78, 5) is 19.1. The van der Waals surface area contributed by atoms with E-state index in [-0.39, 0.29) is 21.9 Å². The Balaban J connectivity index is 2.29. The van der Waals surface area contributed by atoms with Crippen molar-refractivity contribution in [2.45, 2.75) is 24.7 Å². The molecule has 7 heteroatoms. The summed E-state index contributed by atoms with van der Waals surface area (Å²) in [7, 11) is -0.329. The number of aromatic nitrogens is 2. The Morgan fingerprint density at radius 2 is 1.93 bits per heavy atom. The molecule has 2 heterocycles. The molecule has 0 N–H and O–H groups in total. The molecule has 0 aliphatic heterocycles. The van der Waals surface area contributed by atoms with Gasteiger partial charge in [-0.25, -0.2) is 17.4 Å². The highest BCUT2D eigenvalue weighted by molar-refractivity contribution is 7.90. The van der Waals surface area contributed by atoms with E-state index in [1.165, 1.54) is 30.6 Å². The molecule has 154 valence electrons. The summed E-state index contributed by atoms with van der Waals surface area (Å²) in [6.45, 7) is 2.03. The van der Waals surface area contributed by atoms with Gasteiger partial charge in [0.2, 0.25) is 0 Å². The number of hydrogen-bond donors (Lipinski definition) is 0. The van der Waals surface area contributed by atoms with Gasteiger partial charge in [0.15, 0.2) is 11.4 Å². The van der Waals surface area contributed by atoms with E-state index in [4.69, 9.17) is 0 Å². The van der Waals surface area contributed by atoms with E-state index < -0.39 is 10.0 Å². The Morgan fingerprint density at radius 1 is 1.20 bits per heavy atom. The fourth-order valence-corrected chi connectivity index (χ4v) is 4.23. The van der Waals surface area contributed by atoms with Crippen molar-refractivity contribution in [3.05, 3.63) is 72.2 Å². The Morgan fingerprint density at radius 3 is 2.60 bits per heavy atom. The zero-order chi connectivity index (χ0) is 21.7. The average molecular weight is 422 g/mol. The van der Waals surface area contributed by atoms with E-state index >= 15 is 0 Å². The molecule has 2 aromatic heterocycles. The van der Waals surface area contributed by atoms with Crippen LogP contribution < -0.4 is 0 Å². The number of rotatable bonds is 6. The molecular formula is C23H23N3O3S. The topological polar surface area (TPSA) is 72.3 Å². The van der Waals surface area contributed by atoms with Crippen molar-refractivity contribution in [1.29, 1.82) is 0 Å². The molecule has 0 aliphatic rings. The van der Waals surface area contributed by atoms with Crippen LogP contribution in [0, 0.1) is 11.8 Å². The number of benzene rings is 1. The second-order valence-corrected chi connectivity index (χ2v) is 8.72. The quantitative estimate of drug-likeness (QED) is 0.345. The minimum Gasteiger partial charge on any atom is -0.383 e. The predicted molar refractivity (Wildman–Crippen MR) is 118 cm³/mol. The third-order valence-corrected chi connectivity index (χ3v) is 6.01. The van der Waals surface area contributed by atoms with Gasteiger partial charge in [-0.3, -0.25) is 4.79 Å². The standard InChI is InChI=1S/C23H23N3O3S/c1-4-5-7-10-18-13-15-24-23-22(18)20(21(27)14-16-25(2)3)17-26(23)30(28,29)19-11-8-6-9-12-19/h6,8-9,11-17H,4-5H2,1-3H3. The summed E-state index contributed by atoms with van der Waals surface area (Å²) in [5.74, 6) is 5.82. The van der Waals surface area contributed by atoms with Crippen LogP contribution in [-0.4, -0.2) is 42.2 Å². The van der Waals surface area contributed by atoms with Crippen molar-refractivity contribution in [3.8, 4) is 11.8 Å². The van der Waals surface area contributed by atoms with Crippen LogP contribution in [0.5, 0.6) is 0 Å². The molecule has 30 heavy (non-hydrogen) atoms. The molecule has 0 bridgehead atoms. The van der Waals surface area contributed by atoms with Crippen LogP contribution in [0.4, 0.5) is 0 Å². The second-order valence-electron chi connectivity index (χ2n) is 6.91. The number of fused-ring (bicyclic) bond motifs is 1. The van der Waals surface area contributed by atoms with Gasteiger partial charge in [-0.2, -0.15) is 0 Å². The first-order chi connectivity index (χ1) is 14.4. The summed E-state index contributed by atoms with van der Waals surface area (Å²) in [5.41, 5.74) is 1.01. The summed E-state index contributed by atoms with van der Waals surface area (Å²) >= 11 is 0. The number of ketones is 1. The van der Waals surface area contributed by atoms with E-state index in [0.29, 0.717) is 17.4 Å². The van der Waals surface area contributed by atoms with Crippen molar-refractivity contribution in [1.82, 2.24) is 13.9 Å². The fourth-order valence-electron chi connectivity index (χ4n) is 2.90. The molecular weight excluding hydrogens is 398 g/mol. The maximum atomic E-state index is 13.3. The molecule has 0 amide bonds. The minimum absolute atomic E-state index is 0.119. The normalized spacial score (nSPS) is 11.4. The van der Waals surface area contributed by atoms with Crippen LogP contribution in [0.25, 0.3) is 11.0 Å². The number of allylic oxidation sites excluding steroid dienone is 1. The van der Waals surface area contributed by atoms with Gasteiger partial charge in [0.1, 0.15) is 0 Å². The van der Waals surface area contributed by atoms with Crippen LogP contribution in [0.15, 0.2) is 66.0 Å². The number of nitrogens with zero attached hydrogens (tertiary/aromatic N) is 3. The highest BCUT2D eigenvalue weighted by Crippen LogP contribution is 2.28. The largest absolute Gasteiger partial charge is 0.383 e. The van der Waals surface area contributed by atoms with Crippen LogP contribution in [0.1, 0.15) is 35.7 Å². The monoisotopic (exact) mass is 421 g/mol. The molecule has 3 aromatic rings. The smallest absolute Gasteiger partial charge is 0.269 e. The number of carbonyl (C=O) groups is 1. The molecule has 1 aromatic carbocycles. The first-order valence-electron chi connectivity index (χ1n) is 9.54. The van der Waals surface area contributed by atoms with Gasteiger partial charge in [-0.1, -0.05) is 37.0 Å². The molecule has 6 nitrogen and oxygen atoms in total. The number of unbranched alkanes of at least 4 members (excludes halogenated alkanes) is 1. The van der Waals surface area contributed by atoms with E-state index in [2.05, 4.69) is 16.8 Å². The second kappa shape index (κ2) is 8.97. The van der Waals surface area contributed by atoms with Crippen LogP contribution in [0.3, 0.4) is 0 Å². The lowest BCUT2D eigenvalue weighted by atomic mass is 10.1. The molecule has 0 radical (unpaired) electrons.